The topological polar surface area (TPSA) is 86.0 Å². The molecular weight excluding hydrogens is 346 g/mol. The molecule has 0 unspecified atom stereocenters. The van der Waals surface area contributed by atoms with Crippen molar-refractivity contribution in [3.8, 4) is 16.6 Å². The molecule has 0 fully saturated rings. The van der Waals surface area contributed by atoms with Crippen molar-refractivity contribution in [1.29, 1.82) is 5.26 Å². The number of H-pyrrole nitrogens is 1. The Morgan fingerprint density at radius 3 is 2.88 bits per heavy atom. The normalized spacial score (nSPS) is 10.8. The van der Waals surface area contributed by atoms with E-state index in [2.05, 4.69) is 21.5 Å². The van der Waals surface area contributed by atoms with Gasteiger partial charge in [-0.05, 0) is 18.6 Å². The molecule has 4 rings (SSSR count). The van der Waals surface area contributed by atoms with Gasteiger partial charge in [0.2, 0.25) is 0 Å². The standard InChI is InChI=1S/C19H15N5OS/c1-12-7-16-15(9-20)18(23-24(16)17(25)8-12)21-10-14-11-26-19(22-14)13-5-3-2-4-6-13/h2-8,11,21,23H,10H2,1H3. The second kappa shape index (κ2) is 6.50. The third-order valence-corrected chi connectivity index (χ3v) is 4.98. The van der Waals surface area contributed by atoms with Gasteiger partial charge in [-0.3, -0.25) is 9.89 Å². The SMILES string of the molecule is Cc1cc(=O)n2[nH]c(NCc3csc(-c4ccccc4)n3)c(C#N)c2c1. The number of nitriles is 1. The molecule has 0 radical (unpaired) electrons. The molecule has 0 aliphatic carbocycles. The number of thiazole rings is 1. The molecule has 0 spiro atoms. The fraction of sp³-hybridized carbons (Fsp3) is 0.105. The molecule has 0 aliphatic rings. The zero-order valence-electron chi connectivity index (χ0n) is 14.0. The van der Waals surface area contributed by atoms with E-state index < -0.39 is 0 Å². The smallest absolute Gasteiger partial charge is 0.269 e. The first-order chi connectivity index (χ1) is 12.7. The van der Waals surface area contributed by atoms with E-state index in [4.69, 9.17) is 0 Å². The van der Waals surface area contributed by atoms with Crippen LogP contribution in [0.2, 0.25) is 0 Å². The van der Waals surface area contributed by atoms with Crippen molar-refractivity contribution >= 4 is 22.7 Å². The summed E-state index contributed by atoms with van der Waals surface area (Å²) >= 11 is 1.58. The van der Waals surface area contributed by atoms with Gasteiger partial charge in [-0.15, -0.1) is 11.3 Å². The van der Waals surface area contributed by atoms with Crippen molar-refractivity contribution in [3.63, 3.8) is 0 Å². The van der Waals surface area contributed by atoms with Gasteiger partial charge >= 0.3 is 0 Å². The van der Waals surface area contributed by atoms with Gasteiger partial charge in [-0.2, -0.15) is 5.26 Å². The van der Waals surface area contributed by atoms with Crippen molar-refractivity contribution in [3.05, 3.63) is 75.0 Å². The summed E-state index contributed by atoms with van der Waals surface area (Å²) in [5, 5.41) is 18.6. The van der Waals surface area contributed by atoms with Crippen LogP contribution in [0, 0.1) is 18.3 Å². The number of pyridine rings is 1. The zero-order valence-corrected chi connectivity index (χ0v) is 14.8. The lowest BCUT2D eigenvalue weighted by Gasteiger charge is -2.01. The third kappa shape index (κ3) is 2.87. The van der Waals surface area contributed by atoms with E-state index in [1.54, 1.807) is 11.3 Å². The predicted octanol–water partition coefficient (Wildman–Crippen LogP) is 3.54. The van der Waals surface area contributed by atoms with Crippen molar-refractivity contribution in [2.45, 2.75) is 13.5 Å². The molecule has 0 saturated carbocycles. The van der Waals surface area contributed by atoms with Crippen LogP contribution in [0.3, 0.4) is 0 Å². The predicted molar refractivity (Wildman–Crippen MR) is 102 cm³/mol. The van der Waals surface area contributed by atoms with Gasteiger partial charge < -0.3 is 5.32 Å². The molecular formula is C19H15N5OS. The van der Waals surface area contributed by atoms with E-state index in [0.717, 1.165) is 21.8 Å². The van der Waals surface area contributed by atoms with E-state index in [1.165, 1.54) is 10.6 Å². The van der Waals surface area contributed by atoms with Gasteiger partial charge in [0.15, 0.2) is 0 Å². The minimum atomic E-state index is -0.190. The molecule has 0 bridgehead atoms. The molecule has 0 aliphatic heterocycles. The Labute approximate surface area is 153 Å². The number of benzene rings is 1. The lowest BCUT2D eigenvalue weighted by molar-refractivity contribution is 0.908. The summed E-state index contributed by atoms with van der Waals surface area (Å²) in [6.07, 6.45) is 0. The highest BCUT2D eigenvalue weighted by molar-refractivity contribution is 7.13. The summed E-state index contributed by atoms with van der Waals surface area (Å²) in [5.41, 5.74) is 3.58. The number of nitrogens with one attached hydrogen (secondary N) is 2. The maximum absolute atomic E-state index is 12.1. The Bertz CT molecular complexity index is 1180. The van der Waals surface area contributed by atoms with Crippen LogP contribution in [-0.4, -0.2) is 14.6 Å². The van der Waals surface area contributed by atoms with Gasteiger partial charge in [0, 0.05) is 17.0 Å². The molecule has 128 valence electrons. The van der Waals surface area contributed by atoms with Crippen LogP contribution in [0.1, 0.15) is 16.8 Å². The number of fused-ring (bicyclic) bond motifs is 1. The van der Waals surface area contributed by atoms with Gasteiger partial charge in [-0.1, -0.05) is 30.3 Å². The highest BCUT2D eigenvalue weighted by Gasteiger charge is 2.13. The molecule has 4 aromatic rings. The number of aryl methyl sites for hydroxylation is 1. The van der Waals surface area contributed by atoms with Gasteiger partial charge in [0.05, 0.1) is 17.8 Å². The average Bonchev–Trinajstić information content (AvgIpc) is 3.25. The number of hydrogen-bond donors (Lipinski definition) is 2. The first kappa shape index (κ1) is 16.1. The summed E-state index contributed by atoms with van der Waals surface area (Å²) < 4.78 is 1.38. The van der Waals surface area contributed by atoms with Crippen LogP contribution in [0.5, 0.6) is 0 Å². The first-order valence-electron chi connectivity index (χ1n) is 8.05. The molecule has 0 amide bonds. The van der Waals surface area contributed by atoms with Crippen molar-refractivity contribution in [2.75, 3.05) is 5.32 Å². The number of rotatable bonds is 4. The number of aromatic nitrogens is 3. The Balaban J connectivity index is 1.61. The monoisotopic (exact) mass is 361 g/mol. The van der Waals surface area contributed by atoms with Crippen molar-refractivity contribution < 1.29 is 0 Å². The molecule has 3 aromatic heterocycles. The van der Waals surface area contributed by atoms with Crippen LogP contribution in [0.4, 0.5) is 5.82 Å². The van der Waals surface area contributed by atoms with Gasteiger partial charge in [-0.25, -0.2) is 9.50 Å². The second-order valence-corrected chi connectivity index (χ2v) is 6.79. The van der Waals surface area contributed by atoms with Crippen LogP contribution in [-0.2, 0) is 6.54 Å². The average molecular weight is 361 g/mol. The Hall–Kier alpha value is -3.37. The third-order valence-electron chi connectivity index (χ3n) is 4.04. The molecule has 0 saturated heterocycles. The van der Waals surface area contributed by atoms with Crippen molar-refractivity contribution in [2.24, 2.45) is 0 Å². The minimum absolute atomic E-state index is 0.190. The van der Waals surface area contributed by atoms with E-state index >= 15 is 0 Å². The Kier molecular flexibility index (Phi) is 4.03. The number of anilines is 1. The van der Waals surface area contributed by atoms with Crippen LogP contribution < -0.4 is 10.9 Å². The summed E-state index contributed by atoms with van der Waals surface area (Å²) in [4.78, 5) is 16.7. The van der Waals surface area contributed by atoms with E-state index in [9.17, 15) is 10.1 Å². The van der Waals surface area contributed by atoms with Crippen LogP contribution >= 0.6 is 11.3 Å². The van der Waals surface area contributed by atoms with Crippen LogP contribution in [0.15, 0.2) is 52.6 Å². The maximum atomic E-state index is 12.1. The van der Waals surface area contributed by atoms with Crippen LogP contribution in [0.25, 0.3) is 16.1 Å². The molecule has 26 heavy (non-hydrogen) atoms. The highest BCUT2D eigenvalue weighted by Crippen LogP contribution is 2.24. The fourth-order valence-electron chi connectivity index (χ4n) is 2.82. The molecule has 1 aromatic carbocycles. The molecule has 7 heteroatoms. The number of hydrogen-bond acceptors (Lipinski definition) is 5. The maximum Gasteiger partial charge on any atom is 0.269 e. The van der Waals surface area contributed by atoms with Crippen molar-refractivity contribution in [1.82, 2.24) is 14.6 Å². The number of aromatic amines is 1. The fourth-order valence-corrected chi connectivity index (χ4v) is 3.64. The Morgan fingerprint density at radius 1 is 1.31 bits per heavy atom. The molecule has 2 N–H and O–H groups in total. The molecule has 6 nitrogen and oxygen atoms in total. The minimum Gasteiger partial charge on any atom is -0.364 e. The van der Waals surface area contributed by atoms with E-state index in [1.807, 2.05) is 48.7 Å². The van der Waals surface area contributed by atoms with E-state index in [0.29, 0.717) is 23.4 Å². The zero-order chi connectivity index (χ0) is 18.1. The van der Waals surface area contributed by atoms with Gasteiger partial charge in [0.25, 0.3) is 5.56 Å². The quantitative estimate of drug-likeness (QED) is 0.582. The summed E-state index contributed by atoms with van der Waals surface area (Å²) in [7, 11) is 0. The van der Waals surface area contributed by atoms with E-state index in [-0.39, 0.29) is 5.56 Å². The summed E-state index contributed by atoms with van der Waals surface area (Å²) in [6.45, 7) is 2.29. The first-order valence-corrected chi connectivity index (χ1v) is 8.93. The number of nitrogens with zero attached hydrogens (tertiary/aromatic N) is 3. The highest BCUT2D eigenvalue weighted by atomic mass is 32.1. The lowest BCUT2D eigenvalue weighted by Crippen LogP contribution is -2.13. The summed E-state index contributed by atoms with van der Waals surface area (Å²) in [6, 6.07) is 15.5. The molecule has 3 heterocycles. The largest absolute Gasteiger partial charge is 0.364 e. The second-order valence-electron chi connectivity index (χ2n) is 5.93. The lowest BCUT2D eigenvalue weighted by atomic mass is 10.2. The van der Waals surface area contributed by atoms with Gasteiger partial charge in [0.1, 0.15) is 22.5 Å². The Morgan fingerprint density at radius 2 is 2.12 bits per heavy atom. The summed E-state index contributed by atoms with van der Waals surface area (Å²) in [5.74, 6) is 0.518. The molecule has 0 atom stereocenters.